The Kier molecular flexibility index (Phi) is 6.68. The van der Waals surface area contributed by atoms with Crippen molar-refractivity contribution in [1.82, 2.24) is 0 Å². The lowest BCUT2D eigenvalue weighted by atomic mass is 9.88. The SMILES string of the molecule is COc1ccc(C(=O)CC2(O)C(=O)N(Cc3cc(C(C)C)ccc3C)c3ccccc32)c(OC)c1. The summed E-state index contributed by atoms with van der Waals surface area (Å²) in [6.45, 7) is 6.58. The number of Topliss-reactive ketones (excluding diaryl/α,β-unsaturated/α-hetero) is 1. The Morgan fingerprint density at radius 3 is 2.46 bits per heavy atom. The molecule has 6 heteroatoms. The summed E-state index contributed by atoms with van der Waals surface area (Å²) in [6.07, 6.45) is -0.396. The first-order valence-corrected chi connectivity index (χ1v) is 11.7. The van der Waals surface area contributed by atoms with Crippen LogP contribution in [0.5, 0.6) is 11.5 Å². The molecule has 0 bridgehead atoms. The predicted molar refractivity (Wildman–Crippen MR) is 135 cm³/mol. The van der Waals surface area contributed by atoms with E-state index in [9.17, 15) is 14.7 Å². The third kappa shape index (κ3) is 4.42. The Morgan fingerprint density at radius 2 is 1.77 bits per heavy atom. The Labute approximate surface area is 206 Å². The van der Waals surface area contributed by atoms with Crippen LogP contribution in [0.4, 0.5) is 5.69 Å². The second kappa shape index (κ2) is 9.55. The van der Waals surface area contributed by atoms with Crippen LogP contribution in [0.3, 0.4) is 0 Å². The van der Waals surface area contributed by atoms with Crippen LogP contribution in [0.25, 0.3) is 0 Å². The van der Waals surface area contributed by atoms with Gasteiger partial charge in [0.2, 0.25) is 0 Å². The molecule has 3 aromatic carbocycles. The van der Waals surface area contributed by atoms with E-state index in [-0.39, 0.29) is 5.56 Å². The van der Waals surface area contributed by atoms with Gasteiger partial charge in [0.05, 0.1) is 38.4 Å². The predicted octanol–water partition coefficient (Wildman–Crippen LogP) is 5.14. The molecular weight excluding hydrogens is 442 g/mol. The van der Waals surface area contributed by atoms with Crippen LogP contribution in [-0.4, -0.2) is 31.0 Å². The minimum absolute atomic E-state index is 0.283. The molecule has 6 nitrogen and oxygen atoms in total. The van der Waals surface area contributed by atoms with Crippen molar-refractivity contribution in [3.05, 3.63) is 88.5 Å². The molecule has 1 aliphatic heterocycles. The number of carbonyl (C=O) groups excluding carboxylic acids is 2. The van der Waals surface area contributed by atoms with Gasteiger partial charge in [-0.05, 0) is 47.7 Å². The van der Waals surface area contributed by atoms with Gasteiger partial charge in [0, 0.05) is 11.6 Å². The average molecular weight is 474 g/mol. The number of fused-ring (bicyclic) bond motifs is 1. The van der Waals surface area contributed by atoms with Crippen molar-refractivity contribution in [2.45, 2.75) is 45.3 Å². The maximum Gasteiger partial charge on any atom is 0.264 e. The summed E-state index contributed by atoms with van der Waals surface area (Å²) in [5, 5.41) is 11.7. The van der Waals surface area contributed by atoms with Crippen LogP contribution >= 0.6 is 0 Å². The molecule has 1 aliphatic rings. The molecule has 0 saturated heterocycles. The van der Waals surface area contributed by atoms with Gasteiger partial charge in [-0.3, -0.25) is 9.59 Å². The van der Waals surface area contributed by atoms with Crippen molar-refractivity contribution in [2.24, 2.45) is 0 Å². The van der Waals surface area contributed by atoms with E-state index in [1.54, 1.807) is 35.2 Å². The Morgan fingerprint density at radius 1 is 1.03 bits per heavy atom. The third-order valence-corrected chi connectivity index (χ3v) is 6.73. The van der Waals surface area contributed by atoms with Crippen LogP contribution in [0.2, 0.25) is 0 Å². The molecule has 1 heterocycles. The zero-order valence-corrected chi connectivity index (χ0v) is 20.8. The molecule has 1 atom stereocenters. The number of benzene rings is 3. The highest BCUT2D eigenvalue weighted by Crippen LogP contribution is 2.44. The van der Waals surface area contributed by atoms with Gasteiger partial charge in [0.15, 0.2) is 11.4 Å². The number of aryl methyl sites for hydroxylation is 1. The van der Waals surface area contributed by atoms with Gasteiger partial charge >= 0.3 is 0 Å². The topological polar surface area (TPSA) is 76.1 Å². The Balaban J connectivity index is 1.69. The minimum atomic E-state index is -1.97. The molecule has 0 spiro atoms. The first kappa shape index (κ1) is 24.5. The average Bonchev–Trinajstić information content (AvgIpc) is 3.06. The van der Waals surface area contributed by atoms with Crippen molar-refractivity contribution in [3.63, 3.8) is 0 Å². The molecule has 3 aromatic rings. The molecule has 182 valence electrons. The summed E-state index contributed by atoms with van der Waals surface area (Å²) >= 11 is 0. The van der Waals surface area contributed by atoms with Crippen LogP contribution in [0, 0.1) is 6.92 Å². The number of ether oxygens (including phenoxy) is 2. The van der Waals surface area contributed by atoms with Crippen LogP contribution in [-0.2, 0) is 16.9 Å². The molecule has 0 aliphatic carbocycles. The number of aliphatic hydroxyl groups is 1. The van der Waals surface area contributed by atoms with Gasteiger partial charge in [-0.25, -0.2) is 0 Å². The number of ketones is 1. The largest absolute Gasteiger partial charge is 0.497 e. The van der Waals surface area contributed by atoms with E-state index in [4.69, 9.17) is 9.47 Å². The zero-order chi connectivity index (χ0) is 25.3. The zero-order valence-electron chi connectivity index (χ0n) is 20.8. The fraction of sp³-hybridized carbons (Fsp3) is 0.310. The Bertz CT molecular complexity index is 1280. The van der Waals surface area contributed by atoms with Crippen molar-refractivity contribution >= 4 is 17.4 Å². The van der Waals surface area contributed by atoms with Crippen LogP contribution in [0.1, 0.15) is 58.8 Å². The molecule has 0 saturated carbocycles. The molecule has 0 radical (unpaired) electrons. The van der Waals surface area contributed by atoms with Crippen molar-refractivity contribution in [2.75, 3.05) is 19.1 Å². The summed E-state index contributed by atoms with van der Waals surface area (Å²) < 4.78 is 10.6. The van der Waals surface area contributed by atoms with Gasteiger partial charge in [0.25, 0.3) is 5.91 Å². The molecule has 1 N–H and O–H groups in total. The maximum atomic E-state index is 13.7. The maximum absolute atomic E-state index is 13.7. The van der Waals surface area contributed by atoms with Crippen molar-refractivity contribution < 1.29 is 24.2 Å². The summed E-state index contributed by atoms with van der Waals surface area (Å²) in [7, 11) is 2.99. The number of carbonyl (C=O) groups is 2. The second-order valence-corrected chi connectivity index (χ2v) is 9.28. The number of nitrogens with zero attached hydrogens (tertiary/aromatic N) is 1. The van der Waals surface area contributed by atoms with E-state index in [1.807, 2.05) is 19.1 Å². The van der Waals surface area contributed by atoms with E-state index in [1.165, 1.54) is 19.8 Å². The van der Waals surface area contributed by atoms with E-state index < -0.39 is 23.7 Å². The first-order valence-electron chi connectivity index (χ1n) is 11.7. The molecular formula is C29H31NO5. The lowest BCUT2D eigenvalue weighted by Gasteiger charge is -2.24. The van der Waals surface area contributed by atoms with Gasteiger partial charge in [-0.1, -0.05) is 50.2 Å². The third-order valence-electron chi connectivity index (χ3n) is 6.73. The number of para-hydroxylation sites is 1. The molecule has 0 fully saturated rings. The van der Waals surface area contributed by atoms with E-state index in [0.29, 0.717) is 35.2 Å². The van der Waals surface area contributed by atoms with Crippen molar-refractivity contribution in [3.8, 4) is 11.5 Å². The molecule has 0 aromatic heterocycles. The van der Waals surface area contributed by atoms with Gasteiger partial charge in [0.1, 0.15) is 11.5 Å². The second-order valence-electron chi connectivity index (χ2n) is 9.28. The fourth-order valence-corrected chi connectivity index (χ4v) is 4.58. The fourth-order valence-electron chi connectivity index (χ4n) is 4.58. The lowest BCUT2D eigenvalue weighted by Crippen LogP contribution is -2.41. The highest BCUT2D eigenvalue weighted by Gasteiger charge is 2.51. The minimum Gasteiger partial charge on any atom is -0.497 e. The number of hydrogen-bond donors (Lipinski definition) is 1. The summed E-state index contributed by atoms with van der Waals surface area (Å²) in [5.74, 6) is 0.327. The summed E-state index contributed by atoms with van der Waals surface area (Å²) in [6, 6.07) is 18.2. The molecule has 4 rings (SSSR count). The summed E-state index contributed by atoms with van der Waals surface area (Å²) in [4.78, 5) is 28.6. The lowest BCUT2D eigenvalue weighted by molar-refractivity contribution is -0.136. The monoisotopic (exact) mass is 473 g/mol. The standard InChI is InChI=1S/C29H31NO5/c1-18(2)20-11-10-19(3)21(14-20)17-30-25-9-7-6-8-24(25)29(33,28(30)32)16-26(31)23-13-12-22(34-4)15-27(23)35-5/h6-15,18,33H,16-17H2,1-5H3. The smallest absolute Gasteiger partial charge is 0.264 e. The number of rotatable bonds is 8. The quantitative estimate of drug-likeness (QED) is 0.458. The van der Waals surface area contributed by atoms with Gasteiger partial charge in [-0.15, -0.1) is 0 Å². The van der Waals surface area contributed by atoms with Gasteiger partial charge < -0.3 is 19.5 Å². The molecule has 1 unspecified atom stereocenters. The van der Waals surface area contributed by atoms with E-state index in [2.05, 4.69) is 32.0 Å². The van der Waals surface area contributed by atoms with E-state index >= 15 is 0 Å². The van der Waals surface area contributed by atoms with E-state index in [0.717, 1.165) is 11.1 Å². The molecule has 1 amide bonds. The van der Waals surface area contributed by atoms with Crippen LogP contribution in [0.15, 0.2) is 60.7 Å². The van der Waals surface area contributed by atoms with Crippen molar-refractivity contribution in [1.29, 1.82) is 0 Å². The van der Waals surface area contributed by atoms with Crippen LogP contribution < -0.4 is 14.4 Å². The number of amides is 1. The number of hydrogen-bond acceptors (Lipinski definition) is 5. The highest BCUT2D eigenvalue weighted by molar-refractivity contribution is 6.11. The number of methoxy groups -OCH3 is 2. The summed E-state index contributed by atoms with van der Waals surface area (Å²) in [5.41, 5.74) is 2.61. The Hall–Kier alpha value is -3.64. The van der Waals surface area contributed by atoms with Gasteiger partial charge in [-0.2, -0.15) is 0 Å². The first-order chi connectivity index (χ1) is 16.7. The highest BCUT2D eigenvalue weighted by atomic mass is 16.5. The number of anilines is 1. The molecule has 35 heavy (non-hydrogen) atoms. The normalized spacial score (nSPS) is 17.0.